The van der Waals surface area contributed by atoms with Crippen LogP contribution in [0.25, 0.3) is 33.6 Å². The van der Waals surface area contributed by atoms with Crippen LogP contribution in [0.3, 0.4) is 0 Å². The minimum Gasteiger partial charge on any atom is -0.357 e. The predicted octanol–water partition coefficient (Wildman–Crippen LogP) is 7.10. The molecule has 0 spiro atoms. The molecule has 1 aliphatic carbocycles. The number of aryl methyl sites for hydroxylation is 1. The second-order valence-corrected chi connectivity index (χ2v) is 8.59. The molecule has 0 amide bonds. The number of hydrogen-bond acceptors (Lipinski definition) is 3. The first-order chi connectivity index (χ1) is 17.8. The molecule has 1 radical (unpaired) electrons. The summed E-state index contributed by atoms with van der Waals surface area (Å²) in [6.07, 6.45) is 5.10. The van der Waals surface area contributed by atoms with E-state index in [1.165, 1.54) is 17.3 Å². The van der Waals surface area contributed by atoms with Crippen LogP contribution in [-0.2, 0) is 25.5 Å². The van der Waals surface area contributed by atoms with Gasteiger partial charge in [0.25, 0.3) is 0 Å². The van der Waals surface area contributed by atoms with Crippen molar-refractivity contribution in [3.63, 3.8) is 0 Å². The Morgan fingerprint density at radius 1 is 0.743 bits per heavy atom. The van der Waals surface area contributed by atoms with Crippen LogP contribution in [0, 0.1) is 19.0 Å². The molecule has 4 heteroatoms. The zero-order chi connectivity index (χ0) is 26.0. The SMILES string of the molecule is [2H]C([2H])([2H])c1ncc[c-]c1-c1cc2c(cn1)C(C)(C)c1ccccc1-2.[Ir].[c-]1ccccc1-c1ccccn1. The molecule has 0 aliphatic heterocycles. The Morgan fingerprint density at radius 2 is 1.57 bits per heavy atom. The van der Waals surface area contributed by atoms with E-state index < -0.39 is 6.85 Å². The summed E-state index contributed by atoms with van der Waals surface area (Å²) < 4.78 is 23.2. The van der Waals surface area contributed by atoms with Crippen LogP contribution in [0.5, 0.6) is 0 Å². The van der Waals surface area contributed by atoms with Gasteiger partial charge in [-0.15, -0.1) is 53.6 Å². The molecule has 6 rings (SSSR count). The monoisotopic (exact) mass is 635 g/mol. The smallest absolute Gasteiger partial charge is 0.0207 e. The van der Waals surface area contributed by atoms with Crippen molar-refractivity contribution in [3.05, 3.63) is 126 Å². The molecule has 1 aliphatic rings. The maximum atomic E-state index is 7.72. The van der Waals surface area contributed by atoms with Crippen molar-refractivity contribution in [3.8, 4) is 33.6 Å². The molecule has 2 aromatic carbocycles. The van der Waals surface area contributed by atoms with Gasteiger partial charge in [0.05, 0.1) is 0 Å². The van der Waals surface area contributed by atoms with Crippen LogP contribution >= 0.6 is 0 Å². The van der Waals surface area contributed by atoms with Crippen LogP contribution in [0.2, 0.25) is 0 Å². The zero-order valence-corrected chi connectivity index (χ0v) is 21.8. The van der Waals surface area contributed by atoms with Crippen LogP contribution in [-0.4, -0.2) is 15.0 Å². The molecule has 0 saturated heterocycles. The molecule has 175 valence electrons. The summed E-state index contributed by atoms with van der Waals surface area (Å²) in [6.45, 7) is 2.07. The molecule has 0 saturated carbocycles. The van der Waals surface area contributed by atoms with E-state index >= 15 is 0 Å². The van der Waals surface area contributed by atoms with Gasteiger partial charge in [-0.25, -0.2) is 0 Å². The van der Waals surface area contributed by atoms with Gasteiger partial charge in [-0.05, 0) is 45.4 Å². The molecule has 35 heavy (non-hydrogen) atoms. The average Bonchev–Trinajstić information content (AvgIpc) is 3.16. The molecular weight excluding hydrogens is 607 g/mol. The summed E-state index contributed by atoms with van der Waals surface area (Å²) >= 11 is 0. The Morgan fingerprint density at radius 3 is 2.34 bits per heavy atom. The second kappa shape index (κ2) is 10.4. The Balaban J connectivity index is 0.000000218. The fourth-order valence-electron chi connectivity index (χ4n) is 4.36. The van der Waals surface area contributed by atoms with E-state index in [4.69, 9.17) is 4.11 Å². The third-order valence-corrected chi connectivity index (χ3v) is 6.12. The van der Waals surface area contributed by atoms with Crippen LogP contribution in [0.1, 0.15) is 34.8 Å². The van der Waals surface area contributed by atoms with Crippen molar-refractivity contribution in [2.24, 2.45) is 0 Å². The third kappa shape index (κ3) is 4.86. The van der Waals surface area contributed by atoms with Crippen molar-refractivity contribution in [1.82, 2.24) is 15.0 Å². The van der Waals surface area contributed by atoms with Crippen molar-refractivity contribution < 1.29 is 24.2 Å². The van der Waals surface area contributed by atoms with E-state index in [1.807, 2.05) is 66.9 Å². The number of fused-ring (bicyclic) bond motifs is 3. The minimum atomic E-state index is -2.30. The fraction of sp³-hybridized carbons (Fsp3) is 0.129. The molecule has 3 heterocycles. The zero-order valence-electron chi connectivity index (χ0n) is 22.4. The van der Waals surface area contributed by atoms with E-state index in [2.05, 4.69) is 53.1 Å². The molecule has 3 aromatic heterocycles. The van der Waals surface area contributed by atoms with E-state index in [9.17, 15) is 0 Å². The van der Waals surface area contributed by atoms with E-state index in [-0.39, 0.29) is 31.2 Å². The molecule has 3 nitrogen and oxygen atoms in total. The van der Waals surface area contributed by atoms with Gasteiger partial charge >= 0.3 is 0 Å². The van der Waals surface area contributed by atoms with Gasteiger partial charge in [0, 0.05) is 42.0 Å². The van der Waals surface area contributed by atoms with Gasteiger partial charge in [0.1, 0.15) is 0 Å². The molecule has 0 N–H and O–H groups in total. The summed E-state index contributed by atoms with van der Waals surface area (Å²) in [5.41, 5.74) is 7.63. The van der Waals surface area contributed by atoms with Crippen molar-refractivity contribution in [2.45, 2.75) is 26.1 Å². The second-order valence-electron chi connectivity index (χ2n) is 8.59. The Labute approximate surface area is 224 Å². The van der Waals surface area contributed by atoms with E-state index in [1.54, 1.807) is 12.3 Å². The van der Waals surface area contributed by atoms with Crippen molar-refractivity contribution in [2.75, 3.05) is 0 Å². The quantitative estimate of drug-likeness (QED) is 0.195. The number of pyridine rings is 3. The number of aromatic nitrogens is 3. The Hall–Kier alpha value is -3.46. The summed E-state index contributed by atoms with van der Waals surface area (Å²) in [4.78, 5) is 12.8. The van der Waals surface area contributed by atoms with Crippen LogP contribution in [0.4, 0.5) is 0 Å². The largest absolute Gasteiger partial charge is 0.357 e. The minimum absolute atomic E-state index is 0. The van der Waals surface area contributed by atoms with Gasteiger partial charge in [-0.2, -0.15) is 0 Å². The molecule has 0 fully saturated rings. The summed E-state index contributed by atoms with van der Waals surface area (Å²) in [7, 11) is 0. The van der Waals surface area contributed by atoms with Gasteiger partial charge in [-0.1, -0.05) is 69.4 Å². The molecule has 0 bridgehead atoms. The Bertz CT molecular complexity index is 1500. The van der Waals surface area contributed by atoms with E-state index in [0.29, 0.717) is 11.3 Å². The predicted molar refractivity (Wildman–Crippen MR) is 137 cm³/mol. The molecule has 0 atom stereocenters. The first-order valence-corrected chi connectivity index (χ1v) is 11.1. The number of hydrogen-bond donors (Lipinski definition) is 0. The number of nitrogens with zero attached hydrogens (tertiary/aromatic N) is 3. The summed E-state index contributed by atoms with van der Waals surface area (Å²) in [5, 5.41) is 0. The molecule has 5 aromatic rings. The van der Waals surface area contributed by atoms with Crippen molar-refractivity contribution in [1.29, 1.82) is 0 Å². The van der Waals surface area contributed by atoms with Crippen molar-refractivity contribution >= 4 is 0 Å². The van der Waals surface area contributed by atoms with Gasteiger partial charge in [-0.3, -0.25) is 0 Å². The fourth-order valence-corrected chi connectivity index (χ4v) is 4.36. The van der Waals surface area contributed by atoms with Gasteiger partial charge in [0.15, 0.2) is 0 Å². The third-order valence-electron chi connectivity index (χ3n) is 6.12. The van der Waals surface area contributed by atoms with E-state index in [0.717, 1.165) is 22.4 Å². The number of benzene rings is 2. The number of rotatable bonds is 2. The summed E-state index contributed by atoms with van der Waals surface area (Å²) in [5.74, 6) is 0. The maximum Gasteiger partial charge on any atom is 0.0207 e. The summed E-state index contributed by atoms with van der Waals surface area (Å²) in [6, 6.07) is 31.7. The Kier molecular flexibility index (Phi) is 6.22. The van der Waals surface area contributed by atoms with Gasteiger partial charge < -0.3 is 15.0 Å². The average molecular weight is 635 g/mol. The van der Waals surface area contributed by atoms with Gasteiger partial charge in [0.2, 0.25) is 0 Å². The first-order valence-electron chi connectivity index (χ1n) is 12.6. The normalized spacial score (nSPS) is 14.1. The van der Waals surface area contributed by atoms with Crippen LogP contribution < -0.4 is 0 Å². The molecule has 0 unspecified atom stereocenters. The maximum absolute atomic E-state index is 7.72. The first kappa shape index (κ1) is 20.9. The van der Waals surface area contributed by atoms with Crippen LogP contribution in [0.15, 0.2) is 97.5 Å². The molecular formula is C31H25IrN3-2. The topological polar surface area (TPSA) is 38.7 Å². The standard InChI is InChI=1S/C20H17N2.C11H8N.Ir/c1-13-14(8-6-10-21-13)19-11-16-15-7-4-5-9-17(15)20(2,3)18(16)12-22-19;1-2-6-10(7-3-1)11-8-4-5-9-12-11;/h4-7,9-12H,1-3H3;1-6,8-9H;/q2*-1;/i1D3;;.